The molecule has 2 aromatic carbocycles. The van der Waals surface area contributed by atoms with Crippen molar-refractivity contribution in [1.82, 2.24) is 20.6 Å². The van der Waals surface area contributed by atoms with Crippen LogP contribution in [0.5, 0.6) is 5.75 Å². The molecule has 196 valence electrons. The molecule has 0 radical (unpaired) electrons. The highest BCUT2D eigenvalue weighted by atomic mass is 19.1. The molecule has 0 aliphatic carbocycles. The summed E-state index contributed by atoms with van der Waals surface area (Å²) < 4.78 is 35.5. The van der Waals surface area contributed by atoms with Crippen LogP contribution in [0, 0.1) is 11.6 Å². The Labute approximate surface area is 216 Å². The van der Waals surface area contributed by atoms with E-state index in [4.69, 9.17) is 4.74 Å². The highest BCUT2D eigenvalue weighted by molar-refractivity contribution is 5.72. The van der Waals surface area contributed by atoms with Crippen LogP contribution in [0.25, 0.3) is 11.3 Å². The van der Waals surface area contributed by atoms with Crippen molar-refractivity contribution in [1.29, 1.82) is 0 Å². The minimum atomic E-state index is -0.583. The molecule has 1 saturated heterocycles. The third-order valence-electron chi connectivity index (χ3n) is 6.93. The SMILES string of the molecule is CNCc1cc(Cc2ncc(F)c(-c3cc(F)c4c(c3)N(C(C)C)CCO4)n2)ccc1N1CCNCC1. The Morgan fingerprint density at radius 3 is 2.62 bits per heavy atom. The molecular weight excluding hydrogens is 474 g/mol. The summed E-state index contributed by atoms with van der Waals surface area (Å²) in [5.74, 6) is -0.407. The predicted octanol–water partition coefficient (Wildman–Crippen LogP) is 3.75. The molecule has 1 fully saturated rings. The summed E-state index contributed by atoms with van der Waals surface area (Å²) in [4.78, 5) is 13.3. The van der Waals surface area contributed by atoms with Crippen molar-refractivity contribution < 1.29 is 13.5 Å². The molecule has 3 heterocycles. The number of nitrogens with one attached hydrogen (secondary N) is 2. The van der Waals surface area contributed by atoms with E-state index in [2.05, 4.69) is 48.6 Å². The van der Waals surface area contributed by atoms with E-state index >= 15 is 4.39 Å². The lowest BCUT2D eigenvalue weighted by atomic mass is 10.0. The Morgan fingerprint density at radius 1 is 1.05 bits per heavy atom. The van der Waals surface area contributed by atoms with Gasteiger partial charge in [0, 0.05) is 56.4 Å². The van der Waals surface area contributed by atoms with Gasteiger partial charge in [0.15, 0.2) is 17.4 Å². The summed E-state index contributed by atoms with van der Waals surface area (Å²) in [6.07, 6.45) is 1.62. The first-order chi connectivity index (χ1) is 17.9. The molecule has 2 aliphatic heterocycles. The second-order valence-electron chi connectivity index (χ2n) is 9.83. The third kappa shape index (κ3) is 5.38. The summed E-state index contributed by atoms with van der Waals surface area (Å²) in [5.41, 5.74) is 4.55. The van der Waals surface area contributed by atoms with Crippen LogP contribution in [0.1, 0.15) is 30.8 Å². The Hall–Kier alpha value is -3.30. The summed E-state index contributed by atoms with van der Waals surface area (Å²) in [6.45, 7) is 9.76. The van der Waals surface area contributed by atoms with Gasteiger partial charge in [0.05, 0.1) is 18.4 Å². The van der Waals surface area contributed by atoms with Crippen LogP contribution in [0.3, 0.4) is 0 Å². The van der Waals surface area contributed by atoms with Crippen LogP contribution in [-0.2, 0) is 13.0 Å². The van der Waals surface area contributed by atoms with Crippen LogP contribution < -0.4 is 25.2 Å². The normalized spacial score (nSPS) is 15.6. The lowest BCUT2D eigenvalue weighted by Gasteiger charge is -2.34. The van der Waals surface area contributed by atoms with Gasteiger partial charge in [-0.2, -0.15) is 0 Å². The van der Waals surface area contributed by atoms with E-state index in [9.17, 15) is 4.39 Å². The molecule has 0 spiro atoms. The number of halogens is 2. The summed E-state index contributed by atoms with van der Waals surface area (Å²) in [5, 5.41) is 6.66. The lowest BCUT2D eigenvalue weighted by molar-refractivity contribution is 0.287. The largest absolute Gasteiger partial charge is 0.486 e. The third-order valence-corrected chi connectivity index (χ3v) is 6.93. The summed E-state index contributed by atoms with van der Waals surface area (Å²) >= 11 is 0. The highest BCUT2D eigenvalue weighted by Gasteiger charge is 2.26. The zero-order valence-corrected chi connectivity index (χ0v) is 21.7. The van der Waals surface area contributed by atoms with E-state index in [-0.39, 0.29) is 17.5 Å². The number of piperazine rings is 1. The zero-order valence-electron chi connectivity index (χ0n) is 21.7. The molecule has 9 heteroatoms. The average Bonchev–Trinajstić information content (AvgIpc) is 2.90. The summed E-state index contributed by atoms with van der Waals surface area (Å²) in [6, 6.07) is 9.61. The molecule has 37 heavy (non-hydrogen) atoms. The van der Waals surface area contributed by atoms with Crippen LogP contribution in [0.4, 0.5) is 20.2 Å². The van der Waals surface area contributed by atoms with Gasteiger partial charge in [0.1, 0.15) is 18.1 Å². The Balaban J connectivity index is 1.45. The molecule has 0 bridgehead atoms. The number of anilines is 2. The van der Waals surface area contributed by atoms with Crippen molar-refractivity contribution >= 4 is 11.4 Å². The fraction of sp³-hybridized carbons (Fsp3) is 0.429. The molecule has 2 aliphatic rings. The molecular formula is C28H34F2N6O. The minimum Gasteiger partial charge on any atom is -0.486 e. The number of hydrogen-bond donors (Lipinski definition) is 2. The second-order valence-corrected chi connectivity index (χ2v) is 9.83. The maximum atomic E-state index is 15.0. The van der Waals surface area contributed by atoms with Gasteiger partial charge in [-0.3, -0.25) is 0 Å². The topological polar surface area (TPSA) is 65.5 Å². The molecule has 0 saturated carbocycles. The van der Waals surface area contributed by atoms with E-state index in [0.717, 1.165) is 38.3 Å². The van der Waals surface area contributed by atoms with Crippen molar-refractivity contribution in [2.75, 3.05) is 56.2 Å². The van der Waals surface area contributed by atoms with Crippen molar-refractivity contribution in [3.63, 3.8) is 0 Å². The molecule has 1 aromatic heterocycles. The number of rotatable bonds is 7. The monoisotopic (exact) mass is 508 g/mol. The van der Waals surface area contributed by atoms with E-state index in [1.54, 1.807) is 6.07 Å². The maximum Gasteiger partial charge on any atom is 0.178 e. The van der Waals surface area contributed by atoms with Gasteiger partial charge in [-0.25, -0.2) is 18.7 Å². The molecule has 0 unspecified atom stereocenters. The fourth-order valence-electron chi connectivity index (χ4n) is 5.14. The highest BCUT2D eigenvalue weighted by Crippen LogP contribution is 2.39. The van der Waals surface area contributed by atoms with Crippen molar-refractivity contribution in [2.45, 2.75) is 32.9 Å². The van der Waals surface area contributed by atoms with Gasteiger partial charge in [-0.05, 0) is 50.2 Å². The molecule has 0 atom stereocenters. The van der Waals surface area contributed by atoms with Gasteiger partial charge in [0.25, 0.3) is 0 Å². The molecule has 5 rings (SSSR count). The quantitative estimate of drug-likeness (QED) is 0.504. The van der Waals surface area contributed by atoms with Gasteiger partial charge < -0.3 is 25.2 Å². The number of benzene rings is 2. The number of nitrogens with zero attached hydrogens (tertiary/aromatic N) is 4. The van der Waals surface area contributed by atoms with Crippen LogP contribution in [-0.4, -0.2) is 62.4 Å². The average molecular weight is 509 g/mol. The van der Waals surface area contributed by atoms with Crippen molar-refractivity contribution in [3.8, 4) is 17.0 Å². The van der Waals surface area contributed by atoms with Crippen LogP contribution in [0.2, 0.25) is 0 Å². The first-order valence-corrected chi connectivity index (χ1v) is 12.9. The number of hydrogen-bond acceptors (Lipinski definition) is 7. The number of fused-ring (bicyclic) bond motifs is 1. The van der Waals surface area contributed by atoms with Gasteiger partial charge >= 0.3 is 0 Å². The molecule has 0 amide bonds. The molecule has 3 aromatic rings. The Morgan fingerprint density at radius 2 is 1.86 bits per heavy atom. The standard InChI is InChI=1S/C28H34F2N6O/c1-18(2)36-10-11-37-28-22(29)14-20(15-25(28)36)27-23(30)17-33-26(34-27)13-19-4-5-24(21(12-19)16-31-3)35-8-6-32-7-9-35/h4-5,12,14-15,17-18,31-32H,6-11,13,16H2,1-3H3. The predicted molar refractivity (Wildman–Crippen MR) is 142 cm³/mol. The van der Waals surface area contributed by atoms with E-state index in [1.165, 1.54) is 23.5 Å². The van der Waals surface area contributed by atoms with Gasteiger partial charge in [-0.15, -0.1) is 0 Å². The van der Waals surface area contributed by atoms with Gasteiger partial charge in [0.2, 0.25) is 0 Å². The minimum absolute atomic E-state index is 0.0915. The van der Waals surface area contributed by atoms with Crippen molar-refractivity contribution in [3.05, 3.63) is 65.1 Å². The molecule has 2 N–H and O–H groups in total. The second kappa shape index (κ2) is 11.0. The van der Waals surface area contributed by atoms with Crippen LogP contribution in [0.15, 0.2) is 36.5 Å². The zero-order chi connectivity index (χ0) is 25.9. The first kappa shape index (κ1) is 25.4. The first-order valence-electron chi connectivity index (χ1n) is 12.9. The maximum absolute atomic E-state index is 15.0. The Kier molecular flexibility index (Phi) is 7.53. The molecule has 7 nitrogen and oxygen atoms in total. The smallest absolute Gasteiger partial charge is 0.178 e. The summed E-state index contributed by atoms with van der Waals surface area (Å²) in [7, 11) is 1.94. The lowest BCUT2D eigenvalue weighted by Crippen LogP contribution is -2.44. The van der Waals surface area contributed by atoms with Crippen LogP contribution >= 0.6 is 0 Å². The van der Waals surface area contributed by atoms with E-state index < -0.39 is 11.6 Å². The van der Waals surface area contributed by atoms with E-state index in [0.29, 0.717) is 36.6 Å². The number of aromatic nitrogens is 2. The van der Waals surface area contributed by atoms with E-state index in [1.807, 2.05) is 20.9 Å². The Bertz CT molecular complexity index is 1260. The van der Waals surface area contributed by atoms with Gasteiger partial charge in [-0.1, -0.05) is 12.1 Å². The fourth-order valence-corrected chi connectivity index (χ4v) is 5.14. The number of ether oxygens (including phenoxy) is 1. The van der Waals surface area contributed by atoms with Crippen molar-refractivity contribution in [2.24, 2.45) is 0 Å².